The van der Waals surface area contributed by atoms with Crippen molar-refractivity contribution in [2.24, 2.45) is 0 Å². The molecule has 3 heteroatoms. The quantitative estimate of drug-likeness (QED) is 0.734. The molecule has 0 aliphatic heterocycles. The Bertz CT molecular complexity index is 283. The van der Waals surface area contributed by atoms with Gasteiger partial charge in [0.2, 0.25) is 0 Å². The van der Waals surface area contributed by atoms with E-state index in [4.69, 9.17) is 0 Å². The van der Waals surface area contributed by atoms with Crippen LogP contribution in [0.15, 0.2) is 36.7 Å². The molecule has 2 aromatic heterocycles. The second kappa shape index (κ2) is 4.24. The summed E-state index contributed by atoms with van der Waals surface area (Å²) >= 11 is 0. The van der Waals surface area contributed by atoms with E-state index in [2.05, 4.69) is 9.97 Å². The third-order valence-electron chi connectivity index (χ3n) is 1.37. The zero-order valence-electron chi connectivity index (χ0n) is 5.74. The molecule has 0 bridgehead atoms. The SMILES string of the molecule is [Eu].c1cnc2cccnc2c1. The fourth-order valence-electron chi connectivity index (χ4n) is 0.904. The standard InChI is InChI=1S/C8H6N2.Eu/c1-3-7-8(9-5-1)4-2-6-10-7;/h1-6H;. The maximum atomic E-state index is 4.12. The summed E-state index contributed by atoms with van der Waals surface area (Å²) in [6.45, 7) is 0. The molecule has 0 N–H and O–H groups in total. The predicted molar refractivity (Wildman–Crippen MR) is 39.5 cm³/mol. The fourth-order valence-corrected chi connectivity index (χ4v) is 0.904. The first-order chi connectivity index (χ1) is 4.97. The topological polar surface area (TPSA) is 25.8 Å². The summed E-state index contributed by atoms with van der Waals surface area (Å²) in [4.78, 5) is 8.24. The van der Waals surface area contributed by atoms with E-state index in [1.165, 1.54) is 0 Å². The Morgan fingerprint density at radius 1 is 0.818 bits per heavy atom. The van der Waals surface area contributed by atoms with Crippen molar-refractivity contribution in [3.63, 3.8) is 0 Å². The van der Waals surface area contributed by atoms with Gasteiger partial charge in [-0.1, -0.05) is 0 Å². The Labute approximate surface area is 106 Å². The smallest absolute Gasteiger partial charge is 0.0886 e. The summed E-state index contributed by atoms with van der Waals surface area (Å²) in [7, 11) is 0. The monoisotopic (exact) mass is 283 g/mol. The van der Waals surface area contributed by atoms with Gasteiger partial charge in [-0.2, -0.15) is 0 Å². The van der Waals surface area contributed by atoms with Gasteiger partial charge in [0.25, 0.3) is 0 Å². The van der Waals surface area contributed by atoms with E-state index in [1.54, 1.807) is 12.4 Å². The van der Waals surface area contributed by atoms with Crippen LogP contribution in [-0.4, -0.2) is 9.97 Å². The number of pyridine rings is 2. The third kappa shape index (κ3) is 2.04. The van der Waals surface area contributed by atoms with E-state index in [9.17, 15) is 0 Å². The summed E-state index contributed by atoms with van der Waals surface area (Å²) in [5.41, 5.74) is 1.90. The molecule has 0 aromatic carbocycles. The Hall–Kier alpha value is 0.144. The van der Waals surface area contributed by atoms with Crippen molar-refractivity contribution in [2.75, 3.05) is 0 Å². The van der Waals surface area contributed by atoms with Gasteiger partial charge in [0.05, 0.1) is 11.0 Å². The van der Waals surface area contributed by atoms with Crippen LogP contribution in [-0.2, 0) is 0 Å². The minimum absolute atomic E-state index is 0. The summed E-state index contributed by atoms with van der Waals surface area (Å²) in [5.74, 6) is 0. The molecular weight excluding hydrogens is 276 g/mol. The number of hydrogen-bond donors (Lipinski definition) is 0. The Kier molecular flexibility index (Phi) is 3.56. The molecule has 0 spiro atoms. The van der Waals surface area contributed by atoms with Crippen molar-refractivity contribution in [1.82, 2.24) is 9.97 Å². The van der Waals surface area contributed by atoms with E-state index < -0.39 is 0 Å². The number of rotatable bonds is 0. The van der Waals surface area contributed by atoms with Crippen molar-refractivity contribution >= 4 is 11.0 Å². The van der Waals surface area contributed by atoms with E-state index in [-0.39, 0.29) is 49.4 Å². The van der Waals surface area contributed by atoms with E-state index >= 15 is 0 Å². The van der Waals surface area contributed by atoms with Gasteiger partial charge in [0.15, 0.2) is 0 Å². The minimum Gasteiger partial charge on any atom is -0.255 e. The average molecular weight is 282 g/mol. The van der Waals surface area contributed by atoms with E-state index in [1.807, 2.05) is 24.3 Å². The van der Waals surface area contributed by atoms with Gasteiger partial charge >= 0.3 is 0 Å². The van der Waals surface area contributed by atoms with Crippen LogP contribution >= 0.6 is 0 Å². The largest absolute Gasteiger partial charge is 0.255 e. The van der Waals surface area contributed by atoms with Crippen molar-refractivity contribution < 1.29 is 49.4 Å². The fraction of sp³-hybridized carbons (Fsp3) is 0. The molecule has 0 aliphatic rings. The van der Waals surface area contributed by atoms with Gasteiger partial charge in [-0.15, -0.1) is 0 Å². The van der Waals surface area contributed by atoms with Crippen LogP contribution in [0.5, 0.6) is 0 Å². The van der Waals surface area contributed by atoms with Crippen LogP contribution in [0.2, 0.25) is 0 Å². The number of hydrogen-bond acceptors (Lipinski definition) is 2. The first kappa shape index (κ1) is 9.23. The molecule has 2 heterocycles. The molecule has 55 valence electrons. The maximum Gasteiger partial charge on any atom is 0.0886 e. The molecule has 2 aromatic rings. The first-order valence-corrected chi connectivity index (χ1v) is 3.12. The van der Waals surface area contributed by atoms with Crippen molar-refractivity contribution in [3.05, 3.63) is 36.7 Å². The van der Waals surface area contributed by atoms with E-state index in [0.717, 1.165) is 11.0 Å². The molecule has 0 unspecified atom stereocenters. The molecular formula is C8H6EuN2. The Morgan fingerprint density at radius 2 is 1.27 bits per heavy atom. The Morgan fingerprint density at radius 3 is 1.73 bits per heavy atom. The summed E-state index contributed by atoms with van der Waals surface area (Å²) in [5, 5.41) is 0. The van der Waals surface area contributed by atoms with Crippen molar-refractivity contribution in [1.29, 1.82) is 0 Å². The maximum absolute atomic E-state index is 4.12. The van der Waals surface area contributed by atoms with Crippen LogP contribution in [0.4, 0.5) is 0 Å². The zero-order valence-corrected chi connectivity index (χ0v) is 8.16. The Balaban J connectivity index is 0.000000605. The normalized spacial score (nSPS) is 9.09. The van der Waals surface area contributed by atoms with Crippen LogP contribution in [0.25, 0.3) is 11.0 Å². The van der Waals surface area contributed by atoms with Crippen LogP contribution < -0.4 is 0 Å². The predicted octanol–water partition coefficient (Wildman–Crippen LogP) is 1.63. The van der Waals surface area contributed by atoms with Gasteiger partial charge in [0, 0.05) is 61.8 Å². The zero-order chi connectivity index (χ0) is 6.81. The molecule has 2 rings (SSSR count). The van der Waals surface area contributed by atoms with Gasteiger partial charge in [-0.3, -0.25) is 9.97 Å². The molecule has 11 heavy (non-hydrogen) atoms. The number of nitrogens with zero attached hydrogens (tertiary/aromatic N) is 2. The molecule has 0 atom stereocenters. The summed E-state index contributed by atoms with van der Waals surface area (Å²) in [6.07, 6.45) is 3.54. The second-order valence-corrected chi connectivity index (χ2v) is 2.05. The second-order valence-electron chi connectivity index (χ2n) is 2.05. The van der Waals surface area contributed by atoms with Crippen molar-refractivity contribution in [3.8, 4) is 0 Å². The molecule has 0 saturated heterocycles. The van der Waals surface area contributed by atoms with Crippen LogP contribution in [0.1, 0.15) is 0 Å². The van der Waals surface area contributed by atoms with Gasteiger partial charge < -0.3 is 0 Å². The molecule has 0 aliphatic carbocycles. The molecule has 1 radical (unpaired) electrons. The molecule has 0 amide bonds. The molecule has 0 fully saturated rings. The average Bonchev–Trinajstić information content (AvgIpc) is 2.05. The van der Waals surface area contributed by atoms with Gasteiger partial charge in [0.1, 0.15) is 0 Å². The van der Waals surface area contributed by atoms with Crippen LogP contribution in [0, 0.1) is 49.4 Å². The van der Waals surface area contributed by atoms with E-state index in [0.29, 0.717) is 0 Å². The first-order valence-electron chi connectivity index (χ1n) is 3.12. The summed E-state index contributed by atoms with van der Waals surface area (Å²) < 4.78 is 0. The van der Waals surface area contributed by atoms with Crippen LogP contribution in [0.3, 0.4) is 0 Å². The van der Waals surface area contributed by atoms with Crippen molar-refractivity contribution in [2.45, 2.75) is 0 Å². The van der Waals surface area contributed by atoms with Gasteiger partial charge in [-0.25, -0.2) is 0 Å². The number of fused-ring (bicyclic) bond motifs is 1. The molecule has 2 nitrogen and oxygen atoms in total. The molecule has 0 saturated carbocycles. The third-order valence-corrected chi connectivity index (χ3v) is 1.37. The summed E-state index contributed by atoms with van der Waals surface area (Å²) in [6, 6.07) is 7.66. The number of aromatic nitrogens is 2. The minimum atomic E-state index is 0. The van der Waals surface area contributed by atoms with Gasteiger partial charge in [-0.05, 0) is 24.3 Å².